The van der Waals surface area contributed by atoms with E-state index in [0.717, 1.165) is 15.5 Å². The van der Waals surface area contributed by atoms with E-state index in [1.807, 2.05) is 47.2 Å². The van der Waals surface area contributed by atoms with Crippen molar-refractivity contribution in [1.82, 2.24) is 25.2 Å². The van der Waals surface area contributed by atoms with Crippen molar-refractivity contribution in [1.29, 1.82) is 0 Å². The maximum absolute atomic E-state index is 13.1. The molecule has 1 aliphatic heterocycles. The summed E-state index contributed by atoms with van der Waals surface area (Å²) in [5.74, 6) is 0.798. The second-order valence-electron chi connectivity index (χ2n) is 6.48. The summed E-state index contributed by atoms with van der Waals surface area (Å²) in [6.45, 7) is 0.587. The Morgan fingerprint density at radius 1 is 1.20 bits per heavy atom. The third-order valence-corrected chi connectivity index (χ3v) is 7.33. The number of carbonyl (C=O) groups excluding carboxylic acids is 1. The van der Waals surface area contributed by atoms with E-state index in [2.05, 4.69) is 20.6 Å². The number of thioether (sulfide) groups is 1. The lowest BCUT2D eigenvalue weighted by Gasteiger charge is -2.20. The summed E-state index contributed by atoms with van der Waals surface area (Å²) in [4.78, 5) is 15.3. The molecule has 0 saturated heterocycles. The molecule has 8 nitrogen and oxygen atoms in total. The first-order valence-electron chi connectivity index (χ1n) is 9.16. The van der Waals surface area contributed by atoms with Crippen LogP contribution in [0.5, 0.6) is 0 Å². The molecule has 4 aromatic rings. The largest absolute Gasteiger partial charge is 0.463 e. The molecule has 1 atom stereocenters. The van der Waals surface area contributed by atoms with E-state index >= 15 is 0 Å². The molecule has 30 heavy (non-hydrogen) atoms. The highest BCUT2D eigenvalue weighted by molar-refractivity contribution is 7.99. The fourth-order valence-corrected chi connectivity index (χ4v) is 5.40. The van der Waals surface area contributed by atoms with Crippen LogP contribution in [0, 0.1) is 0 Å². The first-order valence-corrected chi connectivity index (χ1v) is 11.9. The van der Waals surface area contributed by atoms with E-state index in [1.165, 1.54) is 11.8 Å². The molecule has 1 amide bonds. The minimum absolute atomic E-state index is 0.0920. The van der Waals surface area contributed by atoms with E-state index in [0.29, 0.717) is 23.9 Å². The summed E-state index contributed by atoms with van der Waals surface area (Å²) in [7, 11) is 0. The van der Waals surface area contributed by atoms with Crippen molar-refractivity contribution in [2.24, 2.45) is 5.10 Å². The van der Waals surface area contributed by atoms with Crippen LogP contribution in [-0.4, -0.2) is 42.6 Å². The number of hydrogen-bond acceptors (Lipinski definition) is 9. The Balaban J connectivity index is 1.31. The third kappa shape index (κ3) is 3.95. The van der Waals surface area contributed by atoms with Crippen molar-refractivity contribution >= 4 is 46.1 Å². The van der Waals surface area contributed by atoms with Gasteiger partial charge in [-0.15, -0.1) is 27.8 Å². The maximum Gasteiger partial charge on any atom is 0.253 e. The van der Waals surface area contributed by atoms with Crippen LogP contribution in [0.15, 0.2) is 68.1 Å². The summed E-state index contributed by atoms with van der Waals surface area (Å²) >= 11 is 4.59. The summed E-state index contributed by atoms with van der Waals surface area (Å²) in [6.07, 6.45) is 2.24. The van der Waals surface area contributed by atoms with Crippen LogP contribution in [0.3, 0.4) is 0 Å². The minimum atomic E-state index is -0.125. The standard InChI is InChI=1S/C19H16N6O2S3/c26-18(12-30-19-20-22-23-24(19)11-13-4-2-8-28-13)25-15(17-6-3-9-29-17)10-14(21-25)16-5-1-7-27-16/h1-9,15H,10-12H2/t15-/m1/s1. The molecule has 0 fully saturated rings. The van der Waals surface area contributed by atoms with Gasteiger partial charge in [0.1, 0.15) is 11.5 Å². The topological polar surface area (TPSA) is 89.4 Å². The fourth-order valence-electron chi connectivity index (χ4n) is 3.18. The Kier molecular flexibility index (Phi) is 5.47. The van der Waals surface area contributed by atoms with Gasteiger partial charge in [-0.3, -0.25) is 4.79 Å². The van der Waals surface area contributed by atoms with Crippen molar-refractivity contribution in [3.8, 4) is 0 Å². The van der Waals surface area contributed by atoms with Gasteiger partial charge in [-0.25, -0.2) is 9.69 Å². The quantitative estimate of drug-likeness (QED) is 0.392. The monoisotopic (exact) mass is 456 g/mol. The van der Waals surface area contributed by atoms with E-state index in [1.54, 1.807) is 38.6 Å². The summed E-state index contributed by atoms with van der Waals surface area (Å²) in [5.41, 5.74) is 0.777. The molecule has 0 spiro atoms. The van der Waals surface area contributed by atoms with Gasteiger partial charge in [-0.1, -0.05) is 23.9 Å². The van der Waals surface area contributed by atoms with Crippen LogP contribution >= 0.6 is 34.4 Å². The zero-order chi connectivity index (χ0) is 20.3. The molecule has 1 aliphatic rings. The van der Waals surface area contributed by atoms with Gasteiger partial charge < -0.3 is 4.42 Å². The van der Waals surface area contributed by atoms with Gasteiger partial charge in [-0.2, -0.15) is 5.10 Å². The average Bonchev–Trinajstić information content (AvgIpc) is 3.57. The minimum Gasteiger partial charge on any atom is -0.463 e. The van der Waals surface area contributed by atoms with E-state index in [4.69, 9.17) is 4.42 Å². The molecule has 5 heterocycles. The SMILES string of the molecule is O=C(CSc1nnnn1Cc1cccs1)N1N=C(c2ccco2)C[C@@H]1c1cccs1. The molecule has 152 valence electrons. The van der Waals surface area contributed by atoms with Gasteiger partial charge in [-0.05, 0) is 45.5 Å². The molecule has 4 aromatic heterocycles. The van der Waals surface area contributed by atoms with Gasteiger partial charge in [0.15, 0.2) is 0 Å². The zero-order valence-corrected chi connectivity index (χ0v) is 18.1. The third-order valence-electron chi connectivity index (χ3n) is 4.55. The van der Waals surface area contributed by atoms with Gasteiger partial charge in [0.25, 0.3) is 5.91 Å². The van der Waals surface area contributed by atoms with Crippen molar-refractivity contribution < 1.29 is 9.21 Å². The van der Waals surface area contributed by atoms with E-state index < -0.39 is 0 Å². The molecule has 0 saturated carbocycles. The Morgan fingerprint density at radius 3 is 2.87 bits per heavy atom. The first kappa shape index (κ1) is 19.2. The number of hydrazone groups is 1. The lowest BCUT2D eigenvalue weighted by molar-refractivity contribution is -0.130. The van der Waals surface area contributed by atoms with Crippen molar-refractivity contribution in [3.05, 3.63) is 68.9 Å². The zero-order valence-electron chi connectivity index (χ0n) is 15.6. The highest BCUT2D eigenvalue weighted by atomic mass is 32.2. The number of aromatic nitrogens is 4. The maximum atomic E-state index is 13.1. The molecule has 0 radical (unpaired) electrons. The molecule has 11 heteroatoms. The van der Waals surface area contributed by atoms with E-state index in [9.17, 15) is 4.79 Å². The summed E-state index contributed by atoms with van der Waals surface area (Å²) < 4.78 is 7.21. The smallest absolute Gasteiger partial charge is 0.253 e. The van der Waals surface area contributed by atoms with Crippen LogP contribution in [0.1, 0.15) is 28.0 Å². The number of nitrogens with zero attached hydrogens (tertiary/aromatic N) is 6. The lowest BCUT2D eigenvalue weighted by atomic mass is 10.1. The Labute approximate surface area is 184 Å². The molecule has 5 rings (SSSR count). The number of tetrazole rings is 1. The van der Waals surface area contributed by atoms with Crippen molar-refractivity contribution in [2.45, 2.75) is 24.2 Å². The van der Waals surface area contributed by atoms with Gasteiger partial charge in [0, 0.05) is 16.2 Å². The second kappa shape index (κ2) is 8.54. The number of furan rings is 1. The molecule has 0 N–H and O–H groups in total. The van der Waals surface area contributed by atoms with Gasteiger partial charge in [0.05, 0.1) is 24.6 Å². The first-order chi connectivity index (χ1) is 14.8. The van der Waals surface area contributed by atoms with Gasteiger partial charge in [0.2, 0.25) is 5.16 Å². The fraction of sp³-hybridized carbons (Fsp3) is 0.211. The van der Waals surface area contributed by atoms with Crippen molar-refractivity contribution in [3.63, 3.8) is 0 Å². The van der Waals surface area contributed by atoms with Crippen LogP contribution in [0.2, 0.25) is 0 Å². The number of hydrogen-bond donors (Lipinski definition) is 0. The van der Waals surface area contributed by atoms with Crippen molar-refractivity contribution in [2.75, 3.05) is 5.75 Å². The average molecular weight is 457 g/mol. The second-order valence-corrected chi connectivity index (χ2v) is 9.44. The predicted octanol–water partition coefficient (Wildman–Crippen LogP) is 3.91. The Bertz CT molecular complexity index is 1140. The molecule has 0 bridgehead atoms. The normalized spacial score (nSPS) is 16.2. The Morgan fingerprint density at radius 2 is 2.10 bits per heavy atom. The lowest BCUT2D eigenvalue weighted by Crippen LogP contribution is -2.28. The number of thiophene rings is 2. The van der Waals surface area contributed by atoms with Crippen LogP contribution in [-0.2, 0) is 11.3 Å². The number of rotatable bonds is 7. The number of carbonyl (C=O) groups is 1. The summed E-state index contributed by atoms with van der Waals surface area (Å²) in [5, 5.41) is 22.7. The molecular formula is C19H16N6O2S3. The molecule has 0 aromatic carbocycles. The number of amides is 1. The van der Waals surface area contributed by atoms with E-state index in [-0.39, 0.29) is 17.7 Å². The van der Waals surface area contributed by atoms with Gasteiger partial charge >= 0.3 is 0 Å². The summed E-state index contributed by atoms with van der Waals surface area (Å²) in [6, 6.07) is 11.6. The highest BCUT2D eigenvalue weighted by Gasteiger charge is 2.34. The highest BCUT2D eigenvalue weighted by Crippen LogP contribution is 2.35. The predicted molar refractivity (Wildman–Crippen MR) is 116 cm³/mol. The Hall–Kier alpha value is -2.76. The van der Waals surface area contributed by atoms with Crippen LogP contribution in [0.4, 0.5) is 0 Å². The van der Waals surface area contributed by atoms with Crippen LogP contribution in [0.25, 0.3) is 0 Å². The van der Waals surface area contributed by atoms with Crippen LogP contribution < -0.4 is 0 Å². The molecule has 0 unspecified atom stereocenters. The molecule has 0 aliphatic carbocycles. The molecular weight excluding hydrogens is 440 g/mol.